The summed E-state index contributed by atoms with van der Waals surface area (Å²) < 4.78 is 0. The van der Waals surface area contributed by atoms with Crippen molar-refractivity contribution in [1.82, 2.24) is 20.3 Å². The zero-order chi connectivity index (χ0) is 27.9. The molecule has 2 heterocycles. The number of nitrogens with zero attached hydrogens (tertiary/aromatic N) is 3. The van der Waals surface area contributed by atoms with Gasteiger partial charge < -0.3 is 32.2 Å². The molecule has 198 valence electrons. The fourth-order valence-corrected chi connectivity index (χ4v) is 4.11. The number of fused-ring (bicyclic) bond motifs is 1. The van der Waals surface area contributed by atoms with E-state index in [1.54, 1.807) is 42.5 Å². The third kappa shape index (κ3) is 6.66. The van der Waals surface area contributed by atoms with Crippen LogP contribution in [0.1, 0.15) is 39.9 Å². The Kier molecular flexibility index (Phi) is 8.01. The predicted molar refractivity (Wildman–Crippen MR) is 144 cm³/mol. The van der Waals surface area contributed by atoms with Crippen molar-refractivity contribution in [2.45, 2.75) is 31.7 Å². The van der Waals surface area contributed by atoms with Crippen LogP contribution in [0.4, 0.5) is 17.5 Å². The number of aliphatic carboxylic acids is 1. The molecule has 2 aromatic heterocycles. The lowest BCUT2D eigenvalue weighted by Crippen LogP contribution is -2.41. The third-order valence-electron chi connectivity index (χ3n) is 6.10. The van der Waals surface area contributed by atoms with Crippen LogP contribution in [0.3, 0.4) is 0 Å². The number of aryl methyl sites for hydroxylation is 2. The highest BCUT2D eigenvalue weighted by molar-refractivity contribution is 5.97. The van der Waals surface area contributed by atoms with Gasteiger partial charge in [0.15, 0.2) is 0 Å². The van der Waals surface area contributed by atoms with E-state index in [2.05, 4.69) is 25.6 Å². The number of carbonyl (C=O) groups is 3. The monoisotopic (exact) mass is 526 g/mol. The van der Waals surface area contributed by atoms with Gasteiger partial charge in [0.1, 0.15) is 17.5 Å². The Hall–Kier alpha value is -5.44. The number of aromatic amines is 1. The lowest BCUT2D eigenvalue weighted by atomic mass is 10.0. The van der Waals surface area contributed by atoms with Crippen molar-refractivity contribution in [3.8, 4) is 6.07 Å². The highest BCUT2D eigenvalue weighted by atomic mass is 16.4. The Morgan fingerprint density at radius 3 is 2.56 bits per heavy atom. The summed E-state index contributed by atoms with van der Waals surface area (Å²) in [5.74, 6) is -1.84. The van der Waals surface area contributed by atoms with Gasteiger partial charge in [0.05, 0.1) is 17.0 Å². The largest absolute Gasteiger partial charge is 0.480 e. The topological polar surface area (TPSA) is 213 Å². The molecule has 0 aliphatic rings. The molecular formula is C27H26N8O4. The van der Waals surface area contributed by atoms with E-state index in [-0.39, 0.29) is 18.8 Å². The molecule has 2 amide bonds. The molecule has 12 nitrogen and oxygen atoms in total. The number of amides is 2. The van der Waals surface area contributed by atoms with Gasteiger partial charge in [-0.1, -0.05) is 18.2 Å². The van der Waals surface area contributed by atoms with Crippen LogP contribution in [0.25, 0.3) is 11.0 Å². The second kappa shape index (κ2) is 11.7. The normalized spacial score (nSPS) is 11.5. The zero-order valence-corrected chi connectivity index (χ0v) is 20.8. The lowest BCUT2D eigenvalue weighted by molar-refractivity contribution is -0.139. The van der Waals surface area contributed by atoms with Crippen LogP contribution in [0.2, 0.25) is 0 Å². The Balaban J connectivity index is 1.31. The number of hydrogen-bond donors (Lipinski definition) is 6. The quantitative estimate of drug-likeness (QED) is 0.179. The minimum atomic E-state index is -1.25. The van der Waals surface area contributed by atoms with Crippen molar-refractivity contribution >= 4 is 46.3 Å². The highest BCUT2D eigenvalue weighted by Crippen LogP contribution is 2.24. The average Bonchev–Trinajstić information content (AvgIpc) is 3.33. The molecule has 8 N–H and O–H groups in total. The van der Waals surface area contributed by atoms with Crippen molar-refractivity contribution < 1.29 is 19.5 Å². The smallest absolute Gasteiger partial charge is 0.326 e. The summed E-state index contributed by atoms with van der Waals surface area (Å²) in [5.41, 5.74) is 15.2. The number of aromatic nitrogens is 3. The Labute approximate surface area is 223 Å². The van der Waals surface area contributed by atoms with Crippen molar-refractivity contribution in [2.75, 3.05) is 16.8 Å². The highest BCUT2D eigenvalue weighted by Gasteiger charge is 2.22. The minimum Gasteiger partial charge on any atom is -0.480 e. The predicted octanol–water partition coefficient (Wildman–Crippen LogP) is 2.38. The van der Waals surface area contributed by atoms with E-state index < -0.39 is 23.8 Å². The van der Waals surface area contributed by atoms with Crippen LogP contribution in [0.5, 0.6) is 0 Å². The zero-order valence-electron chi connectivity index (χ0n) is 20.8. The van der Waals surface area contributed by atoms with Gasteiger partial charge in [-0.05, 0) is 60.7 Å². The molecule has 0 aliphatic carbocycles. The molecule has 0 radical (unpaired) electrons. The summed E-state index contributed by atoms with van der Waals surface area (Å²) in [6, 6.07) is 13.9. The van der Waals surface area contributed by atoms with Crippen LogP contribution in [-0.4, -0.2) is 43.9 Å². The SMILES string of the molecule is N#Cc1cccc(NC(=O)CC[C@H](NC(=O)c2ccc(CCc3c[nH]c4nc(N)nc(N)c34)cc2)C(=O)O)c1. The van der Waals surface area contributed by atoms with Gasteiger partial charge in [-0.15, -0.1) is 0 Å². The standard InChI is InChI=1S/C27H26N8O4/c28-13-16-2-1-3-19(12-16)32-21(36)11-10-20(26(38)39)33-25(37)17-7-4-15(5-8-17)6-9-18-14-31-24-22(18)23(29)34-27(30)35-24/h1-5,7-8,12,14,20H,6,9-11H2,(H,32,36)(H,33,37)(H,38,39)(H5,29,30,31,34,35)/t20-/m0/s1. The molecule has 0 saturated carbocycles. The van der Waals surface area contributed by atoms with Crippen LogP contribution in [0, 0.1) is 11.3 Å². The Morgan fingerprint density at radius 2 is 1.85 bits per heavy atom. The number of carboxylic acids is 1. The Bertz CT molecular complexity index is 1570. The molecule has 0 aliphatic heterocycles. The van der Waals surface area contributed by atoms with E-state index in [1.807, 2.05) is 12.3 Å². The molecular weight excluding hydrogens is 500 g/mol. The number of nitriles is 1. The van der Waals surface area contributed by atoms with Crippen LogP contribution in [-0.2, 0) is 22.4 Å². The molecule has 12 heteroatoms. The molecule has 39 heavy (non-hydrogen) atoms. The molecule has 0 unspecified atom stereocenters. The number of nitrogens with one attached hydrogen (secondary N) is 3. The van der Waals surface area contributed by atoms with Gasteiger partial charge in [-0.3, -0.25) is 9.59 Å². The van der Waals surface area contributed by atoms with Gasteiger partial charge in [-0.25, -0.2) is 4.79 Å². The maximum atomic E-state index is 12.7. The first kappa shape index (κ1) is 26.6. The lowest BCUT2D eigenvalue weighted by Gasteiger charge is -2.15. The summed E-state index contributed by atoms with van der Waals surface area (Å²) >= 11 is 0. The molecule has 4 aromatic rings. The van der Waals surface area contributed by atoms with Gasteiger partial charge in [0.25, 0.3) is 5.91 Å². The fraction of sp³-hybridized carbons (Fsp3) is 0.185. The van der Waals surface area contributed by atoms with Gasteiger partial charge in [-0.2, -0.15) is 15.2 Å². The number of nitrogen functional groups attached to an aromatic ring is 2. The molecule has 0 spiro atoms. The number of carboxylic acid groups (broad SMARTS) is 1. The van der Waals surface area contributed by atoms with Gasteiger partial charge >= 0.3 is 5.97 Å². The van der Waals surface area contributed by atoms with Gasteiger partial charge in [0, 0.05) is 23.9 Å². The van der Waals surface area contributed by atoms with E-state index in [1.165, 1.54) is 6.07 Å². The van der Waals surface area contributed by atoms with Crippen LogP contribution >= 0.6 is 0 Å². The summed E-state index contributed by atoms with van der Waals surface area (Å²) in [7, 11) is 0. The minimum absolute atomic E-state index is 0.0953. The maximum absolute atomic E-state index is 12.7. The van der Waals surface area contributed by atoms with Crippen molar-refractivity contribution in [3.05, 3.63) is 77.0 Å². The van der Waals surface area contributed by atoms with Crippen LogP contribution in [0.15, 0.2) is 54.7 Å². The van der Waals surface area contributed by atoms with Gasteiger partial charge in [0.2, 0.25) is 11.9 Å². The van der Waals surface area contributed by atoms with Crippen molar-refractivity contribution in [1.29, 1.82) is 5.26 Å². The summed E-state index contributed by atoms with van der Waals surface area (Å²) in [6.45, 7) is 0. The molecule has 0 saturated heterocycles. The number of benzene rings is 2. The number of rotatable bonds is 10. The molecule has 4 rings (SSSR count). The van der Waals surface area contributed by atoms with E-state index in [0.717, 1.165) is 16.5 Å². The fourth-order valence-electron chi connectivity index (χ4n) is 4.11. The summed E-state index contributed by atoms with van der Waals surface area (Å²) in [4.78, 5) is 47.8. The van der Waals surface area contributed by atoms with E-state index in [4.69, 9.17) is 16.7 Å². The number of carbonyl (C=O) groups excluding carboxylic acids is 2. The maximum Gasteiger partial charge on any atom is 0.326 e. The van der Waals surface area contributed by atoms with E-state index in [0.29, 0.717) is 41.1 Å². The average molecular weight is 527 g/mol. The summed E-state index contributed by atoms with van der Waals surface area (Å²) in [5, 5.41) is 24.3. The number of anilines is 3. The number of H-pyrrole nitrogens is 1. The number of nitrogens with two attached hydrogens (primary N) is 2. The third-order valence-corrected chi connectivity index (χ3v) is 6.10. The van der Waals surface area contributed by atoms with E-state index >= 15 is 0 Å². The molecule has 1 atom stereocenters. The summed E-state index contributed by atoms with van der Waals surface area (Å²) in [6.07, 6.45) is 2.87. The first-order valence-electron chi connectivity index (χ1n) is 12.0. The number of hydrogen-bond acceptors (Lipinski definition) is 8. The second-order valence-electron chi connectivity index (χ2n) is 8.85. The van der Waals surface area contributed by atoms with Crippen molar-refractivity contribution in [2.24, 2.45) is 0 Å². The van der Waals surface area contributed by atoms with Crippen LogP contribution < -0.4 is 22.1 Å². The Morgan fingerprint density at radius 1 is 1.08 bits per heavy atom. The molecule has 0 fully saturated rings. The molecule has 2 aromatic carbocycles. The van der Waals surface area contributed by atoms with E-state index in [9.17, 15) is 19.5 Å². The molecule has 0 bridgehead atoms. The van der Waals surface area contributed by atoms with Crippen molar-refractivity contribution in [3.63, 3.8) is 0 Å². The first-order valence-corrected chi connectivity index (χ1v) is 12.0. The first-order chi connectivity index (χ1) is 18.7. The second-order valence-corrected chi connectivity index (χ2v) is 8.85.